The quantitative estimate of drug-likeness (QED) is 0.568. The van der Waals surface area contributed by atoms with E-state index in [-0.39, 0.29) is 36.1 Å². The number of carbonyl (C=O) groups excluding carboxylic acids is 1. The third-order valence-corrected chi connectivity index (χ3v) is 5.61. The van der Waals surface area contributed by atoms with Gasteiger partial charge in [0.25, 0.3) is 0 Å². The van der Waals surface area contributed by atoms with Gasteiger partial charge in [0.15, 0.2) is 5.96 Å². The van der Waals surface area contributed by atoms with Crippen molar-refractivity contribution in [3.8, 4) is 0 Å². The van der Waals surface area contributed by atoms with E-state index in [9.17, 15) is 4.79 Å². The summed E-state index contributed by atoms with van der Waals surface area (Å²) in [6.45, 7) is 17.6. The highest BCUT2D eigenvalue weighted by molar-refractivity contribution is 14.0. The Hall–Kier alpha value is -0.810. The van der Waals surface area contributed by atoms with Crippen molar-refractivity contribution in [1.82, 2.24) is 20.0 Å². The normalized spacial score (nSPS) is 23.9. The number of nitrogens with one attached hydrogen (secondary N) is 1. The maximum Gasteiger partial charge on any atom is 0.410 e. The summed E-state index contributed by atoms with van der Waals surface area (Å²) in [4.78, 5) is 23.8. The van der Waals surface area contributed by atoms with Gasteiger partial charge in [0.1, 0.15) is 5.60 Å². The topological polar surface area (TPSA) is 69.6 Å². The number of aliphatic imine (C=N–C) groups is 1. The number of amides is 1. The van der Waals surface area contributed by atoms with Crippen molar-refractivity contribution < 1.29 is 14.3 Å². The van der Waals surface area contributed by atoms with Gasteiger partial charge in [-0.1, -0.05) is 13.8 Å². The molecule has 2 atom stereocenters. The summed E-state index contributed by atoms with van der Waals surface area (Å²) in [6.07, 6.45) is -0.222. The zero-order valence-corrected chi connectivity index (χ0v) is 20.8. The standard InChI is InChI=1S/C20H37N5O3.HI/c1-15(2)17(23-8-10-27-11-9-23)13-22-18-21-12-16-14-24(6-7-25(16)18)19(26)28-20(3,4)5;/h15-17H,6-14H2,1-5H3,(H,21,22);1H. The lowest BCUT2D eigenvalue weighted by atomic mass is 10.0. The molecule has 0 aromatic rings. The number of hydrogen-bond donors (Lipinski definition) is 1. The minimum absolute atomic E-state index is 0. The number of fused-ring (bicyclic) bond motifs is 1. The number of piperazine rings is 1. The van der Waals surface area contributed by atoms with Gasteiger partial charge in [-0.15, -0.1) is 24.0 Å². The number of rotatable bonds is 4. The number of carbonyl (C=O) groups is 1. The van der Waals surface area contributed by atoms with Crippen molar-refractivity contribution in [3.63, 3.8) is 0 Å². The first-order valence-corrected chi connectivity index (χ1v) is 10.6. The third-order valence-electron chi connectivity index (χ3n) is 5.61. The summed E-state index contributed by atoms with van der Waals surface area (Å²) in [7, 11) is 0. The van der Waals surface area contributed by atoms with Crippen LogP contribution in [0, 0.1) is 5.92 Å². The molecule has 0 aromatic heterocycles. The van der Waals surface area contributed by atoms with Crippen LogP contribution >= 0.6 is 24.0 Å². The van der Waals surface area contributed by atoms with Gasteiger partial charge in [0, 0.05) is 45.3 Å². The van der Waals surface area contributed by atoms with Crippen molar-refractivity contribution in [2.75, 3.05) is 59.0 Å². The van der Waals surface area contributed by atoms with Gasteiger partial charge >= 0.3 is 6.09 Å². The fourth-order valence-electron chi connectivity index (χ4n) is 4.11. The van der Waals surface area contributed by atoms with Crippen LogP contribution in [0.5, 0.6) is 0 Å². The van der Waals surface area contributed by atoms with Crippen molar-refractivity contribution in [3.05, 3.63) is 0 Å². The van der Waals surface area contributed by atoms with Crippen LogP contribution in [0.3, 0.4) is 0 Å². The molecule has 168 valence electrons. The van der Waals surface area contributed by atoms with E-state index in [1.54, 1.807) is 0 Å². The molecule has 0 spiro atoms. The van der Waals surface area contributed by atoms with E-state index < -0.39 is 5.60 Å². The number of nitrogens with zero attached hydrogens (tertiary/aromatic N) is 4. The highest BCUT2D eigenvalue weighted by Crippen LogP contribution is 2.19. The second-order valence-corrected chi connectivity index (χ2v) is 9.28. The lowest BCUT2D eigenvalue weighted by molar-refractivity contribution is 0.00687. The Morgan fingerprint density at radius 1 is 1.24 bits per heavy atom. The second kappa shape index (κ2) is 10.5. The Bertz CT molecular complexity index is 575. The molecule has 3 aliphatic heterocycles. The fourth-order valence-corrected chi connectivity index (χ4v) is 4.11. The molecular formula is C20H38IN5O3. The number of guanidine groups is 1. The highest BCUT2D eigenvalue weighted by Gasteiger charge is 2.36. The number of hydrogen-bond acceptors (Lipinski definition) is 7. The Morgan fingerprint density at radius 3 is 2.55 bits per heavy atom. The van der Waals surface area contributed by atoms with Crippen LogP contribution in [0.4, 0.5) is 4.79 Å². The molecule has 8 nitrogen and oxygen atoms in total. The summed E-state index contributed by atoms with van der Waals surface area (Å²) in [5.74, 6) is 1.54. The molecule has 1 N–H and O–H groups in total. The molecule has 1 amide bonds. The molecule has 2 saturated heterocycles. The Kier molecular flexibility index (Phi) is 8.84. The molecule has 0 radical (unpaired) electrons. The van der Waals surface area contributed by atoms with E-state index in [1.807, 2.05) is 25.7 Å². The molecule has 0 aliphatic carbocycles. The van der Waals surface area contributed by atoms with Crippen LogP contribution in [0.15, 0.2) is 4.99 Å². The smallest absolute Gasteiger partial charge is 0.410 e. The molecule has 3 aliphatic rings. The summed E-state index contributed by atoms with van der Waals surface area (Å²) >= 11 is 0. The first kappa shape index (κ1) is 24.5. The van der Waals surface area contributed by atoms with E-state index in [0.717, 1.165) is 51.9 Å². The maximum absolute atomic E-state index is 12.4. The zero-order valence-electron chi connectivity index (χ0n) is 18.5. The van der Waals surface area contributed by atoms with Crippen LogP contribution in [0.1, 0.15) is 34.6 Å². The molecule has 9 heteroatoms. The first-order valence-electron chi connectivity index (χ1n) is 10.6. The van der Waals surface area contributed by atoms with Gasteiger partial charge in [-0.25, -0.2) is 4.79 Å². The molecule has 29 heavy (non-hydrogen) atoms. The van der Waals surface area contributed by atoms with Gasteiger partial charge in [-0.05, 0) is 26.7 Å². The molecule has 3 rings (SSSR count). The van der Waals surface area contributed by atoms with Crippen LogP contribution < -0.4 is 5.32 Å². The molecule has 3 heterocycles. The lowest BCUT2D eigenvalue weighted by Crippen LogP contribution is -2.59. The molecule has 0 saturated carbocycles. The Labute approximate surface area is 192 Å². The summed E-state index contributed by atoms with van der Waals surface area (Å²) in [5, 5.41) is 3.60. The first-order chi connectivity index (χ1) is 13.2. The molecule has 0 aromatic carbocycles. The second-order valence-electron chi connectivity index (χ2n) is 9.28. The van der Waals surface area contributed by atoms with Crippen LogP contribution in [0.2, 0.25) is 0 Å². The summed E-state index contributed by atoms with van der Waals surface area (Å²) in [6, 6.07) is 0.707. The maximum atomic E-state index is 12.4. The van der Waals surface area contributed by atoms with Gasteiger partial charge in [-0.3, -0.25) is 9.89 Å². The number of morpholine rings is 1. The van der Waals surface area contributed by atoms with Crippen molar-refractivity contribution in [1.29, 1.82) is 0 Å². The van der Waals surface area contributed by atoms with E-state index in [1.165, 1.54) is 0 Å². The monoisotopic (exact) mass is 523 g/mol. The van der Waals surface area contributed by atoms with E-state index in [0.29, 0.717) is 25.0 Å². The van der Waals surface area contributed by atoms with Crippen LogP contribution in [0.25, 0.3) is 0 Å². The van der Waals surface area contributed by atoms with Crippen molar-refractivity contribution >= 4 is 36.0 Å². The van der Waals surface area contributed by atoms with E-state index >= 15 is 0 Å². The van der Waals surface area contributed by atoms with Gasteiger partial charge in [0.05, 0.1) is 25.8 Å². The SMILES string of the molecule is CC(C)C(CNC1=NCC2CN(C(=O)OC(C)(C)C)CCN12)N1CCOCC1.I. The number of halogens is 1. The number of ether oxygens (including phenoxy) is 2. The van der Waals surface area contributed by atoms with E-state index in [4.69, 9.17) is 14.5 Å². The fraction of sp³-hybridized carbons (Fsp3) is 0.900. The van der Waals surface area contributed by atoms with Crippen molar-refractivity contribution in [2.24, 2.45) is 10.9 Å². The molecular weight excluding hydrogens is 485 g/mol. The van der Waals surface area contributed by atoms with Gasteiger partial charge in [0.2, 0.25) is 0 Å². The van der Waals surface area contributed by atoms with E-state index in [2.05, 4.69) is 29.0 Å². The zero-order chi connectivity index (χ0) is 20.3. The largest absolute Gasteiger partial charge is 0.444 e. The van der Waals surface area contributed by atoms with Crippen molar-refractivity contribution in [2.45, 2.75) is 52.3 Å². The average Bonchev–Trinajstić information content (AvgIpc) is 3.03. The summed E-state index contributed by atoms with van der Waals surface area (Å²) < 4.78 is 11.0. The minimum atomic E-state index is -0.460. The predicted octanol–water partition coefficient (Wildman–Crippen LogP) is 1.84. The van der Waals surface area contributed by atoms with Gasteiger partial charge in [-0.2, -0.15) is 0 Å². The minimum Gasteiger partial charge on any atom is -0.444 e. The Morgan fingerprint density at radius 2 is 1.93 bits per heavy atom. The third kappa shape index (κ3) is 6.58. The summed E-state index contributed by atoms with van der Waals surface area (Å²) in [5.41, 5.74) is -0.460. The molecule has 0 bridgehead atoms. The van der Waals surface area contributed by atoms with Crippen LogP contribution in [-0.4, -0.2) is 103 Å². The van der Waals surface area contributed by atoms with Gasteiger partial charge < -0.3 is 24.6 Å². The lowest BCUT2D eigenvalue weighted by Gasteiger charge is -2.40. The molecule has 2 fully saturated rings. The predicted molar refractivity (Wildman–Crippen MR) is 125 cm³/mol. The average molecular weight is 523 g/mol. The molecule has 2 unspecified atom stereocenters. The highest BCUT2D eigenvalue weighted by atomic mass is 127. The Balaban J connectivity index is 0.00000300. The van der Waals surface area contributed by atoms with Crippen LogP contribution in [-0.2, 0) is 9.47 Å².